The molecule has 2 rings (SSSR count). The number of thioether (sulfide) groups is 1. The van der Waals surface area contributed by atoms with Gasteiger partial charge in [0.2, 0.25) is 5.91 Å². The first-order valence-corrected chi connectivity index (χ1v) is 7.88. The summed E-state index contributed by atoms with van der Waals surface area (Å²) in [5.74, 6) is -0.596. The summed E-state index contributed by atoms with van der Waals surface area (Å²) in [6.07, 6.45) is 1.98. The summed E-state index contributed by atoms with van der Waals surface area (Å²) in [7, 11) is 0. The van der Waals surface area contributed by atoms with E-state index in [1.165, 1.54) is 6.07 Å². The lowest BCUT2D eigenvalue weighted by Crippen LogP contribution is -2.35. The number of hydrogen-bond donors (Lipinski definition) is 1. The van der Waals surface area contributed by atoms with Crippen LogP contribution in [-0.2, 0) is 10.2 Å². The quantitative estimate of drug-likeness (QED) is 0.845. The third-order valence-electron chi connectivity index (χ3n) is 3.44. The summed E-state index contributed by atoms with van der Waals surface area (Å²) < 4.78 is 13.9. The molecule has 1 N–H and O–H groups in total. The Hall–Kier alpha value is -1.81. The van der Waals surface area contributed by atoms with Crippen LogP contribution >= 0.6 is 11.8 Å². The molecule has 2 aromatic rings. The van der Waals surface area contributed by atoms with E-state index in [1.807, 2.05) is 30.5 Å². The van der Waals surface area contributed by atoms with Gasteiger partial charge in [0.25, 0.3) is 0 Å². The smallest absolute Gasteiger partial charge is 0.234 e. The number of nitrogens with one attached hydrogen (secondary N) is 1. The Morgan fingerprint density at radius 1 is 1.14 bits per heavy atom. The van der Waals surface area contributed by atoms with E-state index in [2.05, 4.69) is 5.32 Å². The lowest BCUT2D eigenvalue weighted by atomic mass is 9.83. The Morgan fingerprint density at radius 3 is 2.52 bits per heavy atom. The van der Waals surface area contributed by atoms with Gasteiger partial charge in [-0.25, -0.2) is 4.39 Å². The van der Waals surface area contributed by atoms with Gasteiger partial charge in [-0.15, -0.1) is 11.8 Å². The molecular formula is C17H18FNOS. The second-order valence-corrected chi connectivity index (χ2v) is 6.17. The number of carbonyl (C=O) groups is 1. The Balaban J connectivity index is 2.24. The van der Waals surface area contributed by atoms with E-state index < -0.39 is 5.41 Å². The Kier molecular flexibility index (Phi) is 4.68. The van der Waals surface area contributed by atoms with Crippen LogP contribution in [0.5, 0.6) is 0 Å². The second-order valence-electron chi connectivity index (χ2n) is 5.29. The van der Waals surface area contributed by atoms with Crippen molar-refractivity contribution in [2.24, 2.45) is 0 Å². The maximum Gasteiger partial charge on any atom is 0.234 e. The van der Waals surface area contributed by atoms with E-state index in [9.17, 15) is 9.18 Å². The van der Waals surface area contributed by atoms with Crippen LogP contribution in [0, 0.1) is 5.82 Å². The number of carbonyl (C=O) groups excluding carboxylic acids is 1. The molecule has 0 saturated heterocycles. The van der Waals surface area contributed by atoms with E-state index in [1.54, 1.807) is 43.8 Å². The molecule has 0 aliphatic heterocycles. The van der Waals surface area contributed by atoms with Crippen molar-refractivity contribution in [2.75, 3.05) is 11.6 Å². The van der Waals surface area contributed by atoms with Gasteiger partial charge >= 0.3 is 0 Å². The van der Waals surface area contributed by atoms with Crippen molar-refractivity contribution in [1.29, 1.82) is 0 Å². The van der Waals surface area contributed by atoms with Crippen LogP contribution in [0.4, 0.5) is 10.1 Å². The number of rotatable bonds is 4. The summed E-state index contributed by atoms with van der Waals surface area (Å²) in [5.41, 5.74) is 0.167. The molecule has 0 aromatic heterocycles. The highest BCUT2D eigenvalue weighted by atomic mass is 32.2. The number of halogens is 1. The molecule has 0 heterocycles. The van der Waals surface area contributed by atoms with Crippen molar-refractivity contribution in [1.82, 2.24) is 0 Å². The number of hydrogen-bond acceptors (Lipinski definition) is 2. The minimum Gasteiger partial charge on any atom is -0.325 e. The number of benzene rings is 2. The van der Waals surface area contributed by atoms with E-state index in [4.69, 9.17) is 0 Å². The van der Waals surface area contributed by atoms with Crippen LogP contribution in [0.25, 0.3) is 0 Å². The zero-order valence-electron chi connectivity index (χ0n) is 12.3. The fraction of sp³-hybridized carbons (Fsp3) is 0.235. The summed E-state index contributed by atoms with van der Waals surface area (Å²) in [4.78, 5) is 13.6. The predicted octanol–water partition coefficient (Wildman–Crippen LogP) is 4.46. The molecule has 0 bridgehead atoms. The Morgan fingerprint density at radius 2 is 1.86 bits per heavy atom. The first-order valence-electron chi connectivity index (χ1n) is 6.65. The maximum absolute atomic E-state index is 13.9. The van der Waals surface area contributed by atoms with E-state index in [0.717, 1.165) is 10.6 Å². The normalized spacial score (nSPS) is 11.2. The van der Waals surface area contributed by atoms with Crippen LogP contribution in [0.2, 0.25) is 0 Å². The zero-order chi connectivity index (χ0) is 15.5. The first-order chi connectivity index (χ1) is 9.95. The highest BCUT2D eigenvalue weighted by Crippen LogP contribution is 2.28. The van der Waals surface area contributed by atoms with Crippen molar-refractivity contribution in [2.45, 2.75) is 24.2 Å². The maximum atomic E-state index is 13.9. The van der Waals surface area contributed by atoms with Gasteiger partial charge in [-0.1, -0.05) is 24.3 Å². The number of anilines is 1. The molecule has 21 heavy (non-hydrogen) atoms. The van der Waals surface area contributed by atoms with Crippen LogP contribution in [0.1, 0.15) is 19.4 Å². The summed E-state index contributed by atoms with van der Waals surface area (Å²) in [6.45, 7) is 3.44. The SMILES string of the molecule is CSc1cccc(NC(=O)C(C)(C)c2ccccc2F)c1. The van der Waals surface area contributed by atoms with Crippen LogP contribution < -0.4 is 5.32 Å². The zero-order valence-corrected chi connectivity index (χ0v) is 13.1. The summed E-state index contributed by atoms with van der Waals surface area (Å²) in [5, 5.41) is 2.86. The minimum absolute atomic E-state index is 0.231. The average Bonchev–Trinajstić information content (AvgIpc) is 2.47. The molecule has 0 unspecified atom stereocenters. The van der Waals surface area contributed by atoms with Crippen LogP contribution in [0.15, 0.2) is 53.4 Å². The molecule has 0 aliphatic rings. The highest BCUT2D eigenvalue weighted by molar-refractivity contribution is 7.98. The lowest BCUT2D eigenvalue weighted by Gasteiger charge is -2.24. The molecule has 2 aromatic carbocycles. The number of amides is 1. The van der Waals surface area contributed by atoms with Gasteiger partial charge in [0.1, 0.15) is 5.82 Å². The average molecular weight is 303 g/mol. The van der Waals surface area contributed by atoms with Crippen LogP contribution in [0.3, 0.4) is 0 Å². The third-order valence-corrected chi connectivity index (χ3v) is 4.17. The summed E-state index contributed by atoms with van der Waals surface area (Å²) in [6, 6.07) is 14.0. The fourth-order valence-corrected chi connectivity index (χ4v) is 2.54. The molecule has 2 nitrogen and oxygen atoms in total. The van der Waals surface area contributed by atoms with Gasteiger partial charge in [-0.05, 0) is 44.4 Å². The van der Waals surface area contributed by atoms with Gasteiger partial charge < -0.3 is 5.32 Å². The van der Waals surface area contributed by atoms with Crippen molar-refractivity contribution in [3.05, 3.63) is 59.9 Å². The van der Waals surface area contributed by atoms with Gasteiger partial charge in [0.05, 0.1) is 5.41 Å². The fourth-order valence-electron chi connectivity index (χ4n) is 2.08. The molecule has 0 radical (unpaired) electrons. The minimum atomic E-state index is -0.944. The van der Waals surface area contributed by atoms with Crippen molar-refractivity contribution in [3.63, 3.8) is 0 Å². The Bertz CT molecular complexity index is 655. The molecule has 0 atom stereocenters. The van der Waals surface area contributed by atoms with Crippen molar-refractivity contribution in [3.8, 4) is 0 Å². The lowest BCUT2D eigenvalue weighted by molar-refractivity contribution is -0.120. The molecule has 4 heteroatoms. The van der Waals surface area contributed by atoms with Crippen LogP contribution in [-0.4, -0.2) is 12.2 Å². The van der Waals surface area contributed by atoms with Gasteiger partial charge in [-0.3, -0.25) is 4.79 Å². The monoisotopic (exact) mass is 303 g/mol. The summed E-state index contributed by atoms with van der Waals surface area (Å²) >= 11 is 1.61. The molecule has 0 aliphatic carbocycles. The van der Waals surface area contributed by atoms with E-state index in [0.29, 0.717) is 5.56 Å². The molecule has 0 spiro atoms. The van der Waals surface area contributed by atoms with Gasteiger partial charge in [0.15, 0.2) is 0 Å². The topological polar surface area (TPSA) is 29.1 Å². The van der Waals surface area contributed by atoms with E-state index in [-0.39, 0.29) is 11.7 Å². The molecular weight excluding hydrogens is 285 g/mol. The first kappa shape index (κ1) is 15.6. The van der Waals surface area contributed by atoms with Gasteiger partial charge in [0, 0.05) is 16.1 Å². The molecule has 110 valence electrons. The second kappa shape index (κ2) is 6.31. The molecule has 0 saturated carbocycles. The van der Waals surface area contributed by atoms with Crippen molar-refractivity contribution >= 4 is 23.4 Å². The van der Waals surface area contributed by atoms with Crippen molar-refractivity contribution < 1.29 is 9.18 Å². The molecule has 0 fully saturated rings. The Labute approximate surface area is 128 Å². The third kappa shape index (κ3) is 3.45. The van der Waals surface area contributed by atoms with E-state index >= 15 is 0 Å². The highest BCUT2D eigenvalue weighted by Gasteiger charge is 2.32. The predicted molar refractivity (Wildman–Crippen MR) is 86.3 cm³/mol. The van der Waals surface area contributed by atoms with Gasteiger partial charge in [-0.2, -0.15) is 0 Å². The largest absolute Gasteiger partial charge is 0.325 e. The standard InChI is InChI=1S/C17H18FNOS/c1-17(2,14-9-4-5-10-15(14)18)16(20)19-12-7-6-8-13(11-12)21-3/h4-11H,1-3H3,(H,19,20). The molecule has 1 amide bonds.